The van der Waals surface area contributed by atoms with Crippen molar-refractivity contribution < 1.29 is 0 Å². The Morgan fingerprint density at radius 2 is 1.59 bits per heavy atom. The van der Waals surface area contributed by atoms with Crippen molar-refractivity contribution in [2.75, 3.05) is 0 Å². The number of aromatic nitrogens is 1. The maximum Gasteiger partial charge on any atom is 0.0709 e. The number of nitrogens with zero attached hydrogens (tertiary/aromatic N) is 1. The maximum atomic E-state index is 4.80. The monoisotopic (exact) mass is 287 g/mol. The van der Waals surface area contributed by atoms with Crippen molar-refractivity contribution in [3.63, 3.8) is 0 Å². The lowest BCUT2D eigenvalue weighted by molar-refractivity contribution is 1.28. The second kappa shape index (κ2) is 8.58. The summed E-state index contributed by atoms with van der Waals surface area (Å²) in [5.41, 5.74) is 4.19. The molecule has 0 aliphatic rings. The minimum atomic E-state index is 0.972. The van der Waals surface area contributed by atoms with E-state index in [-0.39, 0.29) is 0 Å². The van der Waals surface area contributed by atoms with Gasteiger partial charge in [-0.25, -0.2) is 4.98 Å². The van der Waals surface area contributed by atoms with E-state index in [2.05, 4.69) is 30.4 Å². The van der Waals surface area contributed by atoms with Gasteiger partial charge >= 0.3 is 0 Å². The average molecular weight is 287 g/mol. The normalized spacial score (nSPS) is 12.7. The quantitative estimate of drug-likeness (QED) is 0.629. The molecule has 0 bridgehead atoms. The molecule has 0 aliphatic carbocycles. The largest absolute Gasteiger partial charge is 0.248 e. The minimum Gasteiger partial charge on any atom is -0.248 e. The molecule has 1 aromatic carbocycles. The number of hydrogen-bond donors (Lipinski definition) is 0. The molecule has 2 aromatic rings. The van der Waals surface area contributed by atoms with Crippen molar-refractivity contribution >= 4 is 5.57 Å². The van der Waals surface area contributed by atoms with Crippen LogP contribution < -0.4 is 0 Å². The smallest absolute Gasteiger partial charge is 0.0709 e. The number of allylic oxidation sites excluding steroid dienone is 8. The Morgan fingerprint density at radius 1 is 0.818 bits per heavy atom. The Bertz CT molecular complexity index is 704. The summed E-state index contributed by atoms with van der Waals surface area (Å²) in [7, 11) is 0. The van der Waals surface area contributed by atoms with Crippen molar-refractivity contribution in [2.24, 2.45) is 0 Å². The van der Waals surface area contributed by atoms with Gasteiger partial charge in [-0.3, -0.25) is 0 Å². The van der Waals surface area contributed by atoms with Crippen LogP contribution in [0.4, 0.5) is 0 Å². The Labute approximate surface area is 133 Å². The Balaban J connectivity index is 2.40. The van der Waals surface area contributed by atoms with E-state index in [4.69, 9.17) is 4.98 Å². The molecule has 1 heteroatoms. The first-order chi connectivity index (χ1) is 10.8. The summed E-state index contributed by atoms with van der Waals surface area (Å²) in [6.45, 7) is 4.02. The minimum absolute atomic E-state index is 0.972. The lowest BCUT2D eigenvalue weighted by atomic mass is 10.1. The number of hydrogen-bond acceptors (Lipinski definition) is 1. The summed E-state index contributed by atoms with van der Waals surface area (Å²) >= 11 is 0. The van der Waals surface area contributed by atoms with Gasteiger partial charge in [0.15, 0.2) is 0 Å². The fourth-order valence-corrected chi connectivity index (χ4v) is 2.06. The first-order valence-corrected chi connectivity index (χ1v) is 7.50. The highest BCUT2D eigenvalue weighted by Gasteiger charge is 2.02. The molecular weight excluding hydrogens is 266 g/mol. The SMILES string of the molecule is C\C=C/C=C\C(=C/C=C/C)c1cccc(-c2ccccc2)n1. The molecule has 0 aliphatic heterocycles. The van der Waals surface area contributed by atoms with Gasteiger partial charge in [0, 0.05) is 11.1 Å². The highest BCUT2D eigenvalue weighted by atomic mass is 14.7. The Kier molecular flexibility index (Phi) is 6.13. The second-order valence-electron chi connectivity index (χ2n) is 4.81. The summed E-state index contributed by atoms with van der Waals surface area (Å²) in [4.78, 5) is 4.80. The third kappa shape index (κ3) is 4.42. The Hall–Kier alpha value is -2.67. The number of rotatable bonds is 5. The van der Waals surface area contributed by atoms with Crippen LogP contribution in [0.5, 0.6) is 0 Å². The van der Waals surface area contributed by atoms with Crippen molar-refractivity contribution in [1.29, 1.82) is 0 Å². The Morgan fingerprint density at radius 3 is 2.32 bits per heavy atom. The molecule has 0 saturated carbocycles. The molecule has 22 heavy (non-hydrogen) atoms. The molecule has 1 nitrogen and oxygen atoms in total. The van der Waals surface area contributed by atoms with Crippen molar-refractivity contribution in [3.8, 4) is 11.3 Å². The molecule has 0 atom stereocenters. The summed E-state index contributed by atoms with van der Waals surface area (Å²) in [5, 5.41) is 0. The van der Waals surface area contributed by atoms with Gasteiger partial charge in [0.05, 0.1) is 11.4 Å². The maximum absolute atomic E-state index is 4.80. The van der Waals surface area contributed by atoms with Gasteiger partial charge in [0.1, 0.15) is 0 Å². The average Bonchev–Trinajstić information content (AvgIpc) is 2.59. The van der Waals surface area contributed by atoms with Gasteiger partial charge in [0.25, 0.3) is 0 Å². The third-order valence-corrected chi connectivity index (χ3v) is 3.16. The van der Waals surface area contributed by atoms with Gasteiger partial charge in [-0.05, 0) is 26.0 Å². The van der Waals surface area contributed by atoms with Crippen LogP contribution in [0.3, 0.4) is 0 Å². The summed E-state index contributed by atoms with van der Waals surface area (Å²) in [6.07, 6.45) is 14.3. The van der Waals surface area contributed by atoms with E-state index < -0.39 is 0 Å². The summed E-state index contributed by atoms with van der Waals surface area (Å²) < 4.78 is 0. The first-order valence-electron chi connectivity index (χ1n) is 7.50. The lowest BCUT2D eigenvalue weighted by Gasteiger charge is -2.05. The molecule has 0 spiro atoms. The van der Waals surface area contributed by atoms with Crippen molar-refractivity contribution in [1.82, 2.24) is 4.98 Å². The summed E-state index contributed by atoms with van der Waals surface area (Å²) in [5.74, 6) is 0. The molecule has 0 fully saturated rings. The zero-order chi connectivity index (χ0) is 15.6. The predicted octanol–water partition coefficient (Wildman–Crippen LogP) is 5.84. The molecule has 0 radical (unpaired) electrons. The van der Waals surface area contributed by atoms with Crippen LogP contribution in [-0.4, -0.2) is 4.98 Å². The topological polar surface area (TPSA) is 12.9 Å². The third-order valence-electron chi connectivity index (χ3n) is 3.16. The van der Waals surface area contributed by atoms with E-state index in [9.17, 15) is 0 Å². The fraction of sp³-hybridized carbons (Fsp3) is 0.0952. The molecule has 110 valence electrons. The summed E-state index contributed by atoms with van der Waals surface area (Å²) in [6, 6.07) is 16.4. The van der Waals surface area contributed by atoms with E-state index >= 15 is 0 Å². The highest BCUT2D eigenvalue weighted by Crippen LogP contribution is 2.20. The molecule has 2 rings (SSSR count). The fourth-order valence-electron chi connectivity index (χ4n) is 2.06. The van der Waals surface area contributed by atoms with E-state index in [0.717, 1.165) is 22.5 Å². The van der Waals surface area contributed by atoms with Gasteiger partial charge < -0.3 is 0 Å². The van der Waals surface area contributed by atoms with E-state index in [1.165, 1.54) is 0 Å². The zero-order valence-corrected chi connectivity index (χ0v) is 13.1. The van der Waals surface area contributed by atoms with Crippen LogP contribution in [-0.2, 0) is 0 Å². The van der Waals surface area contributed by atoms with Crippen molar-refractivity contribution in [3.05, 3.63) is 96.8 Å². The van der Waals surface area contributed by atoms with E-state index in [1.54, 1.807) is 0 Å². The molecule has 1 heterocycles. The first kappa shape index (κ1) is 15.7. The standard InChI is InChI=1S/C21H21N/c1-3-5-8-13-18(12-6-4-2)20-16-11-17-21(22-20)19-14-9-7-10-15-19/h3-17H,1-2H3/b5-3-,6-4+,13-8-,18-12+. The van der Waals surface area contributed by atoms with Gasteiger partial charge in [-0.1, -0.05) is 78.9 Å². The van der Waals surface area contributed by atoms with Gasteiger partial charge in [-0.15, -0.1) is 0 Å². The van der Waals surface area contributed by atoms with E-state index in [1.807, 2.05) is 74.6 Å². The molecule has 1 aromatic heterocycles. The van der Waals surface area contributed by atoms with Crippen LogP contribution in [0.1, 0.15) is 19.5 Å². The molecule has 0 unspecified atom stereocenters. The predicted molar refractivity (Wildman–Crippen MR) is 96.4 cm³/mol. The molecule has 0 saturated heterocycles. The zero-order valence-electron chi connectivity index (χ0n) is 13.1. The highest BCUT2D eigenvalue weighted by molar-refractivity contribution is 5.74. The van der Waals surface area contributed by atoms with Crippen LogP contribution in [0, 0.1) is 0 Å². The molecular formula is C21H21N. The van der Waals surface area contributed by atoms with Crippen LogP contribution in [0.2, 0.25) is 0 Å². The van der Waals surface area contributed by atoms with Crippen molar-refractivity contribution in [2.45, 2.75) is 13.8 Å². The molecule has 0 amide bonds. The lowest BCUT2D eigenvalue weighted by Crippen LogP contribution is -1.90. The van der Waals surface area contributed by atoms with Gasteiger partial charge in [0.2, 0.25) is 0 Å². The number of pyridine rings is 1. The molecule has 0 N–H and O–H groups in total. The van der Waals surface area contributed by atoms with Crippen LogP contribution in [0.25, 0.3) is 16.8 Å². The second-order valence-corrected chi connectivity index (χ2v) is 4.81. The van der Waals surface area contributed by atoms with Crippen LogP contribution in [0.15, 0.2) is 91.1 Å². The van der Waals surface area contributed by atoms with Crippen LogP contribution >= 0.6 is 0 Å². The number of benzene rings is 1. The van der Waals surface area contributed by atoms with E-state index in [0.29, 0.717) is 0 Å². The van der Waals surface area contributed by atoms with Gasteiger partial charge in [-0.2, -0.15) is 0 Å².